The molecule has 0 amide bonds. The number of benzene rings is 1. The molecule has 23 heavy (non-hydrogen) atoms. The number of nitrogens with zero attached hydrogens (tertiary/aromatic N) is 3. The fourth-order valence-electron chi connectivity index (χ4n) is 2.19. The van der Waals surface area contributed by atoms with E-state index in [1.165, 1.54) is 22.7 Å². The summed E-state index contributed by atoms with van der Waals surface area (Å²) in [4.78, 5) is 22.1. The SMILES string of the molecule is Cc1csc([C@@H](C#N)C(=O)c2sc(-c3ccccc3)nc2C)n1. The van der Waals surface area contributed by atoms with Gasteiger partial charge in [0.25, 0.3) is 0 Å². The summed E-state index contributed by atoms with van der Waals surface area (Å²) in [6, 6.07) is 11.8. The first kappa shape index (κ1) is 15.5. The van der Waals surface area contributed by atoms with E-state index in [4.69, 9.17) is 0 Å². The van der Waals surface area contributed by atoms with Crippen LogP contribution in [0.2, 0.25) is 0 Å². The maximum atomic E-state index is 12.8. The summed E-state index contributed by atoms with van der Waals surface area (Å²) in [5.74, 6) is -1.09. The van der Waals surface area contributed by atoms with Crippen molar-refractivity contribution in [3.8, 4) is 16.6 Å². The van der Waals surface area contributed by atoms with Gasteiger partial charge in [-0.25, -0.2) is 9.97 Å². The van der Waals surface area contributed by atoms with Crippen LogP contribution in [-0.4, -0.2) is 15.8 Å². The first-order chi connectivity index (χ1) is 11.1. The predicted octanol–water partition coefficient (Wildman–Crippen LogP) is 4.37. The Morgan fingerprint density at radius 2 is 1.96 bits per heavy atom. The van der Waals surface area contributed by atoms with Crippen molar-refractivity contribution in [3.05, 3.63) is 57.0 Å². The molecular weight excluding hydrogens is 326 g/mol. The third kappa shape index (κ3) is 3.07. The molecule has 0 spiro atoms. The lowest BCUT2D eigenvalue weighted by Gasteiger charge is -2.03. The molecule has 0 N–H and O–H groups in total. The Morgan fingerprint density at radius 3 is 2.57 bits per heavy atom. The average molecular weight is 339 g/mol. The molecule has 0 saturated heterocycles. The molecule has 0 aliphatic carbocycles. The summed E-state index contributed by atoms with van der Waals surface area (Å²) in [6.07, 6.45) is 0. The van der Waals surface area contributed by atoms with Gasteiger partial charge in [-0.05, 0) is 13.8 Å². The van der Waals surface area contributed by atoms with Crippen LogP contribution in [0.4, 0.5) is 0 Å². The molecule has 1 aromatic carbocycles. The number of rotatable bonds is 4. The second-order valence-corrected chi connectivity index (χ2v) is 6.94. The van der Waals surface area contributed by atoms with E-state index in [1.54, 1.807) is 6.92 Å². The largest absolute Gasteiger partial charge is 0.291 e. The molecular formula is C17H13N3OS2. The Kier molecular flexibility index (Phi) is 4.33. The van der Waals surface area contributed by atoms with Crippen LogP contribution < -0.4 is 0 Å². The molecule has 0 saturated carbocycles. The van der Waals surface area contributed by atoms with Gasteiger partial charge in [-0.1, -0.05) is 30.3 Å². The van der Waals surface area contributed by atoms with Crippen molar-refractivity contribution in [1.29, 1.82) is 5.26 Å². The molecule has 2 aromatic heterocycles. The van der Waals surface area contributed by atoms with E-state index < -0.39 is 5.92 Å². The summed E-state index contributed by atoms with van der Waals surface area (Å²) in [5, 5.41) is 12.6. The highest BCUT2D eigenvalue weighted by atomic mass is 32.1. The molecule has 4 nitrogen and oxygen atoms in total. The van der Waals surface area contributed by atoms with Crippen molar-refractivity contribution in [1.82, 2.24) is 9.97 Å². The first-order valence-electron chi connectivity index (χ1n) is 6.99. The number of thiazole rings is 2. The lowest BCUT2D eigenvalue weighted by molar-refractivity contribution is 0.0982. The van der Waals surface area contributed by atoms with E-state index in [2.05, 4.69) is 16.0 Å². The van der Waals surface area contributed by atoms with Gasteiger partial charge in [0.05, 0.1) is 16.6 Å². The molecule has 3 aromatic rings. The fraction of sp³-hybridized carbons (Fsp3) is 0.176. The second kappa shape index (κ2) is 6.41. The highest BCUT2D eigenvalue weighted by Crippen LogP contribution is 2.32. The van der Waals surface area contributed by atoms with Crippen LogP contribution in [0.5, 0.6) is 0 Å². The van der Waals surface area contributed by atoms with Crippen LogP contribution in [0.3, 0.4) is 0 Å². The number of aryl methyl sites for hydroxylation is 2. The molecule has 0 fully saturated rings. The molecule has 1 atom stereocenters. The van der Waals surface area contributed by atoms with Crippen LogP contribution in [-0.2, 0) is 0 Å². The van der Waals surface area contributed by atoms with Gasteiger partial charge in [0.2, 0.25) is 0 Å². The van der Waals surface area contributed by atoms with Gasteiger partial charge in [0.1, 0.15) is 10.0 Å². The van der Waals surface area contributed by atoms with Gasteiger partial charge in [-0.15, -0.1) is 22.7 Å². The van der Waals surface area contributed by atoms with Crippen molar-refractivity contribution in [3.63, 3.8) is 0 Å². The summed E-state index contributed by atoms with van der Waals surface area (Å²) < 4.78 is 0. The molecule has 3 rings (SSSR count). The van der Waals surface area contributed by atoms with Gasteiger partial charge in [0.15, 0.2) is 11.7 Å². The minimum absolute atomic E-state index is 0.223. The predicted molar refractivity (Wildman–Crippen MR) is 91.8 cm³/mol. The third-order valence-electron chi connectivity index (χ3n) is 3.32. The molecule has 114 valence electrons. The monoisotopic (exact) mass is 339 g/mol. The second-order valence-electron chi connectivity index (χ2n) is 5.05. The van der Waals surface area contributed by atoms with E-state index in [0.717, 1.165) is 16.3 Å². The van der Waals surface area contributed by atoms with Crippen molar-refractivity contribution >= 4 is 28.5 Å². The Hall–Kier alpha value is -2.36. The highest BCUT2D eigenvalue weighted by molar-refractivity contribution is 7.17. The van der Waals surface area contributed by atoms with E-state index in [-0.39, 0.29) is 5.78 Å². The zero-order valence-corrected chi connectivity index (χ0v) is 14.2. The number of hydrogen-bond donors (Lipinski definition) is 0. The minimum Gasteiger partial charge on any atom is -0.291 e. The number of ketones is 1. The summed E-state index contributed by atoms with van der Waals surface area (Å²) >= 11 is 2.68. The summed E-state index contributed by atoms with van der Waals surface area (Å²) in [7, 11) is 0. The quantitative estimate of drug-likeness (QED) is 0.662. The number of carbonyl (C=O) groups excluding carboxylic acids is 1. The number of hydrogen-bond acceptors (Lipinski definition) is 6. The number of carbonyl (C=O) groups is 1. The molecule has 2 heterocycles. The van der Waals surface area contributed by atoms with Gasteiger partial charge in [-0.3, -0.25) is 4.79 Å². The van der Waals surface area contributed by atoms with E-state index in [9.17, 15) is 10.1 Å². The van der Waals surface area contributed by atoms with Gasteiger partial charge in [-0.2, -0.15) is 5.26 Å². The van der Waals surface area contributed by atoms with Crippen LogP contribution in [0, 0.1) is 25.2 Å². The number of aromatic nitrogens is 2. The highest BCUT2D eigenvalue weighted by Gasteiger charge is 2.28. The smallest absolute Gasteiger partial charge is 0.198 e. The molecule has 0 bridgehead atoms. The van der Waals surface area contributed by atoms with Gasteiger partial charge < -0.3 is 0 Å². The minimum atomic E-state index is -0.864. The molecule has 0 aliphatic rings. The molecule has 0 aliphatic heterocycles. The zero-order valence-electron chi connectivity index (χ0n) is 12.6. The van der Waals surface area contributed by atoms with Crippen LogP contribution in [0.25, 0.3) is 10.6 Å². The molecule has 0 unspecified atom stereocenters. The standard InChI is InChI=1S/C17H13N3OS2/c1-10-9-22-17(19-10)13(8-18)14(21)15-11(2)20-16(23-15)12-6-4-3-5-7-12/h3-7,9,13H,1-2H3/t13-/m0/s1. The maximum Gasteiger partial charge on any atom is 0.198 e. The van der Waals surface area contributed by atoms with Crippen LogP contribution >= 0.6 is 22.7 Å². The van der Waals surface area contributed by atoms with Crippen molar-refractivity contribution in [2.45, 2.75) is 19.8 Å². The lowest BCUT2D eigenvalue weighted by atomic mass is 10.0. The summed E-state index contributed by atoms with van der Waals surface area (Å²) in [5.41, 5.74) is 2.45. The van der Waals surface area contributed by atoms with Gasteiger partial charge >= 0.3 is 0 Å². The zero-order chi connectivity index (χ0) is 16.4. The van der Waals surface area contributed by atoms with E-state index >= 15 is 0 Å². The molecule has 0 radical (unpaired) electrons. The number of nitriles is 1. The summed E-state index contributed by atoms with van der Waals surface area (Å²) in [6.45, 7) is 3.65. The van der Waals surface area contributed by atoms with Crippen molar-refractivity contribution in [2.75, 3.05) is 0 Å². The third-order valence-corrected chi connectivity index (χ3v) is 5.56. The molecule has 6 heteroatoms. The Balaban J connectivity index is 1.97. The Labute approximate surface area is 142 Å². The maximum absolute atomic E-state index is 12.8. The Morgan fingerprint density at radius 1 is 1.22 bits per heavy atom. The van der Waals surface area contributed by atoms with Crippen molar-refractivity contribution in [2.24, 2.45) is 0 Å². The topological polar surface area (TPSA) is 66.6 Å². The van der Waals surface area contributed by atoms with Crippen LogP contribution in [0.15, 0.2) is 35.7 Å². The van der Waals surface area contributed by atoms with Crippen molar-refractivity contribution < 1.29 is 4.79 Å². The van der Waals surface area contributed by atoms with E-state index in [0.29, 0.717) is 15.6 Å². The lowest BCUT2D eigenvalue weighted by Crippen LogP contribution is -2.10. The average Bonchev–Trinajstić information content (AvgIpc) is 3.15. The number of Topliss-reactive ketones (excluding diaryl/α,β-unsaturated/α-hetero) is 1. The fourth-order valence-corrected chi connectivity index (χ4v) is 4.07. The van der Waals surface area contributed by atoms with E-state index in [1.807, 2.05) is 42.6 Å². The Bertz CT molecular complexity index is 890. The first-order valence-corrected chi connectivity index (χ1v) is 8.68. The normalized spacial score (nSPS) is 11.9. The van der Waals surface area contributed by atoms with Crippen LogP contribution in [0.1, 0.15) is 32.0 Å². The van der Waals surface area contributed by atoms with Gasteiger partial charge in [0, 0.05) is 16.6 Å².